The molecule has 1 aromatic carbocycles. The van der Waals surface area contributed by atoms with Crippen LogP contribution in [0.2, 0.25) is 0 Å². The molecule has 0 saturated heterocycles. The van der Waals surface area contributed by atoms with E-state index in [0.717, 1.165) is 18.7 Å². The van der Waals surface area contributed by atoms with Gasteiger partial charge in [-0.15, -0.1) is 0 Å². The van der Waals surface area contributed by atoms with Gasteiger partial charge in [-0.25, -0.2) is 0 Å². The lowest BCUT2D eigenvalue weighted by atomic mass is 10.1. The van der Waals surface area contributed by atoms with Crippen molar-refractivity contribution in [3.63, 3.8) is 0 Å². The summed E-state index contributed by atoms with van der Waals surface area (Å²) in [7, 11) is 2.10. The Bertz CT molecular complexity index is 477. The van der Waals surface area contributed by atoms with E-state index in [0.29, 0.717) is 6.61 Å². The van der Waals surface area contributed by atoms with Crippen LogP contribution in [0.4, 0.5) is 0 Å². The molecule has 0 fully saturated rings. The number of aliphatic hydroxyl groups is 1. The molecule has 1 aliphatic heterocycles. The Kier molecular flexibility index (Phi) is 4.63. The fourth-order valence-corrected chi connectivity index (χ4v) is 2.01. The second-order valence-electron chi connectivity index (χ2n) is 4.95. The molecule has 0 aliphatic carbocycles. The van der Waals surface area contributed by atoms with Gasteiger partial charge >= 0.3 is 0 Å². The van der Waals surface area contributed by atoms with Crippen molar-refractivity contribution >= 4 is 0 Å². The fraction of sp³-hybridized carbons (Fsp3) is 0.375. The summed E-state index contributed by atoms with van der Waals surface area (Å²) in [5.41, 5.74) is 2.52. The lowest BCUT2D eigenvalue weighted by molar-refractivity contribution is 0.122. The van der Waals surface area contributed by atoms with Gasteiger partial charge in [0.2, 0.25) is 0 Å². The van der Waals surface area contributed by atoms with Gasteiger partial charge in [-0.3, -0.25) is 0 Å². The molecule has 3 heteroatoms. The number of likely N-dealkylation sites (N-methyl/N-ethyl adjacent to an activating group) is 1. The number of rotatable bonds is 5. The fourth-order valence-electron chi connectivity index (χ4n) is 2.01. The second-order valence-corrected chi connectivity index (χ2v) is 4.95. The van der Waals surface area contributed by atoms with E-state index in [-0.39, 0.29) is 0 Å². The average Bonchev–Trinajstić information content (AvgIpc) is 2.40. The third kappa shape index (κ3) is 4.14. The number of nitrogens with zero attached hydrogens (tertiary/aromatic N) is 1. The van der Waals surface area contributed by atoms with Crippen LogP contribution in [0.3, 0.4) is 0 Å². The first-order chi connectivity index (χ1) is 9.15. The molecule has 19 heavy (non-hydrogen) atoms. The molecule has 0 spiro atoms. The molecule has 0 amide bonds. The maximum Gasteiger partial charge on any atom is 0.119 e. The largest absolute Gasteiger partial charge is 0.491 e. The maximum absolute atomic E-state index is 9.23. The van der Waals surface area contributed by atoms with Crippen molar-refractivity contribution in [1.82, 2.24) is 4.90 Å². The van der Waals surface area contributed by atoms with Gasteiger partial charge in [0.15, 0.2) is 0 Å². The molecule has 0 aromatic heterocycles. The first-order valence-corrected chi connectivity index (χ1v) is 6.62. The van der Waals surface area contributed by atoms with Gasteiger partial charge in [-0.1, -0.05) is 24.3 Å². The predicted molar refractivity (Wildman–Crippen MR) is 77.2 cm³/mol. The van der Waals surface area contributed by atoms with E-state index in [1.54, 1.807) is 6.92 Å². The van der Waals surface area contributed by atoms with E-state index in [1.165, 1.54) is 11.3 Å². The topological polar surface area (TPSA) is 32.7 Å². The van der Waals surface area contributed by atoms with Crippen molar-refractivity contribution < 1.29 is 9.84 Å². The summed E-state index contributed by atoms with van der Waals surface area (Å²) in [6.45, 7) is 3.01. The summed E-state index contributed by atoms with van der Waals surface area (Å²) in [5.74, 6) is 0.813. The summed E-state index contributed by atoms with van der Waals surface area (Å²) in [5, 5.41) is 9.23. The number of hydrogen-bond acceptors (Lipinski definition) is 3. The highest BCUT2D eigenvalue weighted by atomic mass is 16.5. The Morgan fingerprint density at radius 2 is 2.26 bits per heavy atom. The van der Waals surface area contributed by atoms with E-state index >= 15 is 0 Å². The van der Waals surface area contributed by atoms with Crippen LogP contribution in [0.15, 0.2) is 48.2 Å². The number of benzene rings is 1. The van der Waals surface area contributed by atoms with Gasteiger partial charge in [-0.05, 0) is 30.7 Å². The van der Waals surface area contributed by atoms with Crippen molar-refractivity contribution in [2.45, 2.75) is 19.4 Å². The molecule has 1 aliphatic rings. The molecule has 3 nitrogen and oxygen atoms in total. The molecule has 0 saturated carbocycles. The number of aliphatic hydroxyl groups excluding tert-OH is 1. The molecule has 102 valence electrons. The predicted octanol–water partition coefficient (Wildman–Crippen LogP) is 2.37. The molecule has 1 unspecified atom stereocenters. The third-order valence-electron chi connectivity index (χ3n) is 3.07. The van der Waals surface area contributed by atoms with Gasteiger partial charge in [0.1, 0.15) is 12.4 Å². The van der Waals surface area contributed by atoms with E-state index in [2.05, 4.69) is 36.2 Å². The summed E-state index contributed by atoms with van der Waals surface area (Å²) in [6, 6.07) is 8.05. The number of allylic oxidation sites excluding steroid dienone is 3. The molecule has 1 aromatic rings. The average molecular weight is 259 g/mol. The van der Waals surface area contributed by atoms with Crippen molar-refractivity contribution in [2.24, 2.45) is 0 Å². The van der Waals surface area contributed by atoms with Gasteiger partial charge < -0.3 is 14.7 Å². The Hall–Kier alpha value is -1.74. The normalized spacial score (nSPS) is 16.2. The summed E-state index contributed by atoms with van der Waals surface area (Å²) >= 11 is 0. The van der Waals surface area contributed by atoms with E-state index in [1.807, 2.05) is 18.2 Å². The van der Waals surface area contributed by atoms with E-state index in [4.69, 9.17) is 4.74 Å². The van der Waals surface area contributed by atoms with Crippen LogP contribution in [0.5, 0.6) is 5.75 Å². The van der Waals surface area contributed by atoms with Gasteiger partial charge in [0.05, 0.1) is 6.10 Å². The maximum atomic E-state index is 9.23. The van der Waals surface area contributed by atoms with Crippen LogP contribution in [-0.4, -0.2) is 36.3 Å². The van der Waals surface area contributed by atoms with Gasteiger partial charge in [0.25, 0.3) is 0 Å². The Morgan fingerprint density at radius 1 is 1.42 bits per heavy atom. The summed E-state index contributed by atoms with van der Waals surface area (Å²) in [6.07, 6.45) is 6.84. The number of ether oxygens (including phenoxy) is 1. The zero-order chi connectivity index (χ0) is 13.7. The lowest BCUT2D eigenvalue weighted by Gasteiger charge is -2.23. The van der Waals surface area contributed by atoms with Crippen LogP contribution in [0.1, 0.15) is 12.5 Å². The minimum atomic E-state index is -0.444. The molecular weight excluding hydrogens is 238 g/mol. The van der Waals surface area contributed by atoms with Crippen LogP contribution < -0.4 is 4.74 Å². The zero-order valence-electron chi connectivity index (χ0n) is 11.5. The van der Waals surface area contributed by atoms with Crippen LogP contribution >= 0.6 is 0 Å². The van der Waals surface area contributed by atoms with Crippen molar-refractivity contribution in [2.75, 3.05) is 20.2 Å². The smallest absolute Gasteiger partial charge is 0.119 e. The highest BCUT2D eigenvalue weighted by molar-refractivity contribution is 5.32. The minimum absolute atomic E-state index is 0.328. The molecule has 0 bridgehead atoms. The molecule has 2 rings (SSSR count). The van der Waals surface area contributed by atoms with Gasteiger partial charge in [-0.2, -0.15) is 0 Å². The first-order valence-electron chi connectivity index (χ1n) is 6.62. The molecule has 1 atom stereocenters. The van der Waals surface area contributed by atoms with Crippen molar-refractivity contribution in [3.05, 3.63) is 53.8 Å². The minimum Gasteiger partial charge on any atom is -0.491 e. The second kappa shape index (κ2) is 6.43. The summed E-state index contributed by atoms with van der Waals surface area (Å²) < 4.78 is 5.53. The SMILES string of the molecule is CC(O)COc1cccc(CC2=CC=CCN2C)c1. The Morgan fingerprint density at radius 3 is 3.00 bits per heavy atom. The summed E-state index contributed by atoms with van der Waals surface area (Å²) in [4.78, 5) is 2.24. The van der Waals surface area contributed by atoms with E-state index < -0.39 is 6.10 Å². The Labute approximate surface area is 114 Å². The first kappa shape index (κ1) is 13.7. The molecule has 0 radical (unpaired) electrons. The molecular formula is C16H21NO2. The van der Waals surface area contributed by atoms with Gasteiger partial charge in [0, 0.05) is 25.7 Å². The van der Waals surface area contributed by atoms with Crippen LogP contribution in [0.25, 0.3) is 0 Å². The standard InChI is InChI=1S/C16H21NO2/c1-13(18)12-19-16-8-5-6-14(11-16)10-15-7-3-4-9-17(15)2/h3-8,11,13,18H,9-10,12H2,1-2H3. The molecule has 1 N–H and O–H groups in total. The van der Waals surface area contributed by atoms with Crippen LogP contribution in [-0.2, 0) is 6.42 Å². The lowest BCUT2D eigenvalue weighted by Crippen LogP contribution is -2.21. The van der Waals surface area contributed by atoms with Crippen molar-refractivity contribution in [1.29, 1.82) is 0 Å². The number of hydrogen-bond donors (Lipinski definition) is 1. The monoisotopic (exact) mass is 259 g/mol. The Balaban J connectivity index is 2.02. The van der Waals surface area contributed by atoms with Crippen molar-refractivity contribution in [3.8, 4) is 5.75 Å². The molecule has 1 heterocycles. The zero-order valence-corrected chi connectivity index (χ0v) is 11.5. The highest BCUT2D eigenvalue weighted by Crippen LogP contribution is 2.19. The highest BCUT2D eigenvalue weighted by Gasteiger charge is 2.07. The third-order valence-corrected chi connectivity index (χ3v) is 3.07. The van der Waals surface area contributed by atoms with Crippen LogP contribution in [0, 0.1) is 0 Å². The van der Waals surface area contributed by atoms with E-state index in [9.17, 15) is 5.11 Å². The quantitative estimate of drug-likeness (QED) is 0.881.